The fourth-order valence-electron chi connectivity index (χ4n) is 10.3. The van der Waals surface area contributed by atoms with Crippen LogP contribution in [0.25, 0.3) is 23.3 Å². The fourth-order valence-corrected chi connectivity index (χ4v) is 13.8. The Labute approximate surface area is 687 Å². The highest BCUT2D eigenvalue weighted by molar-refractivity contribution is 7.90. The molecule has 0 aliphatic heterocycles. The first-order chi connectivity index (χ1) is 56.2. The van der Waals surface area contributed by atoms with Gasteiger partial charge in [0.2, 0.25) is 33.5 Å². The van der Waals surface area contributed by atoms with Gasteiger partial charge in [0.15, 0.2) is 23.3 Å². The number of aromatic carboxylic acids is 2. The number of carboxylic acid groups (broad SMARTS) is 2. The Hall–Kier alpha value is -11.7. The molecule has 4 saturated carbocycles. The third kappa shape index (κ3) is 23.4. The molecule has 120 heavy (non-hydrogen) atoms. The van der Waals surface area contributed by atoms with Gasteiger partial charge < -0.3 is 29.2 Å². The molecule has 6 N–H and O–H groups in total. The van der Waals surface area contributed by atoms with Crippen molar-refractivity contribution in [3.63, 3.8) is 0 Å². The number of aromatic nitrogens is 12. The smallest absolute Gasteiger partial charge is 0.395 e. The van der Waals surface area contributed by atoms with Crippen LogP contribution in [0, 0.1) is 23.7 Å². The molecule has 0 radical (unpaired) electrons. The third-order valence-corrected chi connectivity index (χ3v) is 21.6. The lowest BCUT2D eigenvalue weighted by Crippen LogP contribution is -2.31. The van der Waals surface area contributed by atoms with Crippen LogP contribution in [-0.2, 0) is 30.1 Å². The highest BCUT2D eigenvalue weighted by Crippen LogP contribution is 2.50. The maximum atomic E-state index is 12.6. The van der Waals surface area contributed by atoms with E-state index in [0.29, 0.717) is 0 Å². The molecule has 3 aromatic carbocycles. The summed E-state index contributed by atoms with van der Waals surface area (Å²) >= 11 is 23.6. The first-order valence-corrected chi connectivity index (χ1v) is 39.9. The van der Waals surface area contributed by atoms with Gasteiger partial charge in [-0.3, -0.25) is 9.59 Å². The van der Waals surface area contributed by atoms with E-state index in [9.17, 15) is 97.1 Å². The molecule has 31 nitrogen and oxygen atoms in total. The first-order valence-electron chi connectivity index (χ1n) is 33.8. The predicted molar refractivity (Wildman–Crippen MR) is 394 cm³/mol. The number of nitrogens with two attached hydrogens (primary N) is 1. The third-order valence-electron chi connectivity index (χ3n) is 16.8. The predicted octanol–water partition coefficient (Wildman–Crippen LogP) is 13.0. The van der Waals surface area contributed by atoms with Crippen molar-refractivity contribution in [1.29, 1.82) is 0 Å². The number of ether oxygens (including phenoxy) is 4. The van der Waals surface area contributed by atoms with E-state index in [0.717, 1.165) is 0 Å². The van der Waals surface area contributed by atoms with Crippen LogP contribution in [0.2, 0.25) is 20.6 Å². The number of halogens is 16. The average Bonchev–Trinajstić information content (AvgIpc) is 1.61. The maximum Gasteiger partial charge on any atom is 0.395 e. The molecular formula is C70H53Cl4F12N15O16S3. The van der Waals surface area contributed by atoms with Crippen molar-refractivity contribution >= 4 is 100 Å². The molecular weight excluding hydrogens is 1770 g/mol. The summed E-state index contributed by atoms with van der Waals surface area (Å²) in [6, 6.07) is 38.5. The number of carbonyl (C=O) groups is 4. The SMILES string of the molecule is NS(=O)(=O)c1ccccc1.O=C(NS(=O)(=O)c1ccccc1)c1ccc(-n2ccc(O[C@@H]3C[C@@H]3C(F)(F)F)n2)nc1Cl.O=C(NS(=O)(=O)c1ccccc1)c1ccc(-n2ccc(O[C@H]3C[C@H]3C(F)(F)F)n2)nc1Cl.O=C(O)c1ccc(-n2ccc(O[C@@H]3C[C@@H]3C(F)(F)F)n2)nc1Cl.O=C(O)c1ccc(-n2ccc(O[C@H]3C[C@H]3C(F)(F)F)n2)nc1Cl. The number of hydrogen-bond donors (Lipinski definition) is 5. The quantitative estimate of drug-likeness (QED) is 0.0329. The van der Waals surface area contributed by atoms with Crippen LogP contribution in [0.1, 0.15) is 67.1 Å². The molecule has 8 atom stereocenters. The number of nitrogens with one attached hydrogen (secondary N) is 2. The summed E-state index contributed by atoms with van der Waals surface area (Å²) in [6.45, 7) is 0. The second-order valence-electron chi connectivity index (χ2n) is 25.5. The molecule has 0 spiro atoms. The van der Waals surface area contributed by atoms with E-state index >= 15 is 0 Å². The van der Waals surface area contributed by atoms with Crippen molar-refractivity contribution < 1.29 is 126 Å². The topological polar surface area (TPSA) is 421 Å². The van der Waals surface area contributed by atoms with Crippen molar-refractivity contribution in [2.45, 2.75) is 89.5 Å². The van der Waals surface area contributed by atoms with Gasteiger partial charge in [-0.1, -0.05) is 101 Å². The molecule has 4 fully saturated rings. The zero-order chi connectivity index (χ0) is 87.4. The van der Waals surface area contributed by atoms with Crippen molar-refractivity contribution in [3.05, 3.63) is 231 Å². The van der Waals surface area contributed by atoms with Crippen LogP contribution < -0.4 is 33.5 Å². The van der Waals surface area contributed by atoms with E-state index in [4.69, 9.17) is 80.7 Å². The van der Waals surface area contributed by atoms with Crippen molar-refractivity contribution in [2.75, 3.05) is 0 Å². The summed E-state index contributed by atoms with van der Waals surface area (Å²) in [5.74, 6) is -9.57. The Balaban J connectivity index is 0.000000152. The number of alkyl halides is 12. The van der Waals surface area contributed by atoms with Gasteiger partial charge in [0, 0.05) is 49.1 Å². The minimum atomic E-state index is -4.31. The standard InChI is InChI=1S/2C19H14ClF3N4O4S.2C13H9ClF3N3O3.C6H7NO2S/c2*20-17-12(18(28)26-32(29,30)11-4-2-1-3-5-11)6-7-15(24-17)27-9-8-16(25-27)31-14-10-13(14)19(21,22)23;2*14-11-6(12(21)22)1-2-9(18-11)20-4-3-10(19-20)23-8-5-7(8)13(15,16)17;7-10(8,9)6-4-2-1-3-5-6/h2*1-9,13-14H,10H2,(H,26,28);2*1-4,7-8H,5H2,(H,21,22);1-5H,(H2,7,8,9)/t2*13-,14+;2*7-,8+;/m1010./s1. The normalized spacial score (nSPS) is 18.5. The van der Waals surface area contributed by atoms with Gasteiger partial charge in [0.25, 0.3) is 31.9 Å². The molecule has 11 aromatic rings. The van der Waals surface area contributed by atoms with Gasteiger partial charge in [0.1, 0.15) is 45.0 Å². The number of nitrogens with zero attached hydrogens (tertiary/aromatic N) is 12. The van der Waals surface area contributed by atoms with Gasteiger partial charge in [-0.15, -0.1) is 20.4 Å². The number of pyridine rings is 4. The Morgan fingerprint density at radius 2 is 0.583 bits per heavy atom. The van der Waals surface area contributed by atoms with Crippen LogP contribution in [-0.4, -0.2) is 167 Å². The lowest BCUT2D eigenvalue weighted by Gasteiger charge is -2.09. The van der Waals surface area contributed by atoms with E-state index in [1.165, 1.54) is 177 Å². The molecule has 2 amide bonds. The Morgan fingerprint density at radius 1 is 0.358 bits per heavy atom. The number of primary sulfonamides is 1. The van der Waals surface area contributed by atoms with Gasteiger partial charge in [-0.05, 0) is 111 Å². The number of carbonyl (C=O) groups excluding carboxylic acids is 2. The molecule has 50 heteroatoms. The van der Waals surface area contributed by atoms with Crippen LogP contribution in [0.15, 0.2) is 203 Å². The fraction of sp³-hybridized carbons (Fsp3) is 0.229. The number of hydrogen-bond acceptors (Lipinski definition) is 22. The van der Waals surface area contributed by atoms with E-state index in [1.807, 2.05) is 9.44 Å². The van der Waals surface area contributed by atoms with Crippen LogP contribution in [0.3, 0.4) is 0 Å². The average molecular weight is 1830 g/mol. The Kier molecular flexibility index (Phi) is 26.5. The number of amides is 2. The molecule has 0 saturated heterocycles. The van der Waals surface area contributed by atoms with E-state index < -0.39 is 127 Å². The summed E-state index contributed by atoms with van der Waals surface area (Å²) in [4.78, 5) is 62.2. The van der Waals surface area contributed by atoms with E-state index in [2.05, 4.69) is 40.3 Å². The number of benzene rings is 3. The molecule has 634 valence electrons. The highest BCUT2D eigenvalue weighted by atomic mass is 35.5. The van der Waals surface area contributed by atoms with Gasteiger partial charge in [-0.2, -0.15) is 52.7 Å². The zero-order valence-electron chi connectivity index (χ0n) is 59.7. The van der Waals surface area contributed by atoms with Crippen molar-refractivity contribution in [1.82, 2.24) is 68.5 Å². The molecule has 0 unspecified atom stereocenters. The van der Waals surface area contributed by atoms with Gasteiger partial charge in [0.05, 0.1) is 60.6 Å². The number of rotatable bonds is 21. The second kappa shape index (κ2) is 35.7. The Morgan fingerprint density at radius 3 is 0.775 bits per heavy atom. The highest BCUT2D eigenvalue weighted by Gasteiger charge is 2.60. The summed E-state index contributed by atoms with van der Waals surface area (Å²) in [6.07, 6.45) is -15.7. The molecule has 8 heterocycles. The monoisotopic (exact) mass is 1820 g/mol. The lowest BCUT2D eigenvalue weighted by molar-refractivity contribution is -0.154. The minimum absolute atomic E-state index is 0.0181. The largest absolute Gasteiger partial charge is 0.478 e. The number of carboxylic acids is 2. The second-order valence-corrected chi connectivity index (χ2v) is 31.9. The van der Waals surface area contributed by atoms with Crippen molar-refractivity contribution in [3.8, 4) is 46.8 Å². The molecule has 8 aromatic heterocycles. The number of sulfonamides is 3. The van der Waals surface area contributed by atoms with Gasteiger partial charge >= 0.3 is 36.6 Å². The zero-order valence-corrected chi connectivity index (χ0v) is 65.1. The molecule has 4 aliphatic carbocycles. The molecule has 4 aliphatic rings. The summed E-state index contributed by atoms with van der Waals surface area (Å²) in [5.41, 5.74) is -0.704. The van der Waals surface area contributed by atoms with Gasteiger partial charge in [-0.25, -0.2) is 88.1 Å². The summed E-state index contributed by atoms with van der Waals surface area (Å²) < 4.78 is 250. The minimum Gasteiger partial charge on any atom is -0.478 e. The molecule has 15 rings (SSSR count). The molecule has 0 bridgehead atoms. The van der Waals surface area contributed by atoms with Crippen LogP contribution >= 0.6 is 46.4 Å². The van der Waals surface area contributed by atoms with Crippen LogP contribution in [0.5, 0.6) is 23.5 Å². The summed E-state index contributed by atoms with van der Waals surface area (Å²) in [5, 5.41) is 37.5. The lowest BCUT2D eigenvalue weighted by atomic mass is 10.3. The van der Waals surface area contributed by atoms with E-state index in [1.54, 1.807) is 30.3 Å². The van der Waals surface area contributed by atoms with Crippen LogP contribution in [0.4, 0.5) is 52.7 Å². The Bertz CT molecular complexity index is 5640. The van der Waals surface area contributed by atoms with Crippen molar-refractivity contribution in [2.24, 2.45) is 28.8 Å². The van der Waals surface area contributed by atoms with E-state index in [-0.39, 0.29) is 130 Å². The maximum absolute atomic E-state index is 12.6. The first kappa shape index (κ1) is 89.1. The summed E-state index contributed by atoms with van der Waals surface area (Å²) in [7, 11) is -11.7.